The first-order chi connectivity index (χ1) is 36.1. The number of ether oxygens (including phenoxy) is 1. The molecule has 0 spiro atoms. The smallest absolute Gasteiger partial charge is 0.408 e. The van der Waals surface area contributed by atoms with Gasteiger partial charge in [0.05, 0.1) is 19.0 Å². The number of hydrogen-bond donors (Lipinski definition) is 11. The van der Waals surface area contributed by atoms with Crippen LogP contribution in [-0.2, 0) is 64.0 Å². The molecule has 13 N–H and O–H groups in total. The van der Waals surface area contributed by atoms with E-state index in [1.54, 1.807) is 52.0 Å². The zero-order valence-electron chi connectivity index (χ0n) is 44.5. The van der Waals surface area contributed by atoms with Crippen LogP contribution in [0.5, 0.6) is 0 Å². The number of carbonyl (C=O) groups is 8. The lowest BCUT2D eigenvalue weighted by Crippen LogP contribution is -2.59. The van der Waals surface area contributed by atoms with Crippen molar-refractivity contribution in [2.75, 3.05) is 13.1 Å². The van der Waals surface area contributed by atoms with E-state index >= 15 is 0 Å². The van der Waals surface area contributed by atoms with Crippen molar-refractivity contribution in [2.45, 2.75) is 154 Å². The molecule has 0 aliphatic carbocycles. The summed E-state index contributed by atoms with van der Waals surface area (Å²) in [5.41, 5.74) is 13.5. The summed E-state index contributed by atoms with van der Waals surface area (Å²) in [6.45, 7) is 12.8. The van der Waals surface area contributed by atoms with E-state index in [-0.39, 0.29) is 63.5 Å². The third kappa shape index (κ3) is 18.3. The van der Waals surface area contributed by atoms with Gasteiger partial charge in [-0.15, -0.1) is 0 Å². The molecule has 24 nitrogen and oxygen atoms in total. The number of rotatable bonds is 28. The fourth-order valence-electron chi connectivity index (χ4n) is 9.02. The minimum Gasteiger partial charge on any atom is -0.444 e. The fraction of sp³-hybridized carbons (Fsp3) is 0.558. The molecule has 76 heavy (non-hydrogen) atoms. The highest BCUT2D eigenvalue weighted by atomic mass is 16.6. The lowest BCUT2D eigenvalue weighted by atomic mass is 9.88. The van der Waals surface area contributed by atoms with Crippen LogP contribution in [-0.4, -0.2) is 143 Å². The van der Waals surface area contributed by atoms with Crippen LogP contribution in [0.15, 0.2) is 67.9 Å². The van der Waals surface area contributed by atoms with Gasteiger partial charge in [0.2, 0.25) is 41.4 Å². The molecule has 414 valence electrons. The van der Waals surface area contributed by atoms with Crippen molar-refractivity contribution in [3.05, 3.63) is 90.5 Å². The standard InChI is InChI=1S/C52H77N15O9/c1-8-31(4)44(49(73)62-38(45(54)69)20-34-24-55-27-58-34)66-43(68)19-33(23-53)37(17-30(2)3)61-47(71)40(21-35-25-56-28-59-35)63-46(70)39(18-32-13-10-9-11-14-32)64-48(72)42-15-12-16-67(42)50(74)41(22-36-26-57-29-60-36)65-51(75)76-52(5,6)7/h9-11,13-14,24-31,33,37-42,44H,8,12,15-23,53H2,1-7H3,(H2,54,69)(H,55,58)(H,56,59)(H,57,60)(H,61,71)(H,62,73)(H,63,70)(H,64,72)(H,65,75)(H,66,68)/t31-,33+,37-,38-,39-,40-,41-,42-,44-/m0/s1. The van der Waals surface area contributed by atoms with Gasteiger partial charge in [0, 0.05) is 86.3 Å². The Labute approximate surface area is 443 Å². The number of H-pyrrole nitrogens is 3. The van der Waals surface area contributed by atoms with Gasteiger partial charge in [-0.2, -0.15) is 0 Å². The second-order valence-electron chi connectivity index (χ2n) is 20.9. The Balaban J connectivity index is 1.34. The molecule has 0 saturated carbocycles. The number of aromatic nitrogens is 6. The van der Waals surface area contributed by atoms with E-state index in [4.69, 9.17) is 16.2 Å². The minimum atomic E-state index is -1.24. The number of imidazole rings is 3. The zero-order chi connectivity index (χ0) is 55.5. The van der Waals surface area contributed by atoms with Gasteiger partial charge in [0.25, 0.3) is 0 Å². The molecule has 1 fully saturated rings. The molecule has 4 aromatic rings. The Kier molecular flexibility index (Phi) is 22.1. The van der Waals surface area contributed by atoms with Gasteiger partial charge in [0.1, 0.15) is 41.9 Å². The topological polar surface area (TPSA) is 359 Å². The molecule has 24 heteroatoms. The molecule has 3 aromatic heterocycles. The number of nitrogens with two attached hydrogens (primary N) is 2. The third-order valence-electron chi connectivity index (χ3n) is 13.2. The summed E-state index contributed by atoms with van der Waals surface area (Å²) in [5.74, 6) is -5.30. The van der Waals surface area contributed by atoms with Gasteiger partial charge in [-0.05, 0) is 64.0 Å². The summed E-state index contributed by atoms with van der Waals surface area (Å²) in [4.78, 5) is 133. The van der Waals surface area contributed by atoms with E-state index in [2.05, 4.69) is 61.8 Å². The number of nitrogens with zero attached hydrogens (tertiary/aromatic N) is 4. The van der Waals surface area contributed by atoms with Crippen molar-refractivity contribution < 1.29 is 43.1 Å². The average Bonchev–Trinajstić information content (AvgIpc) is 4.23. The van der Waals surface area contributed by atoms with Crippen LogP contribution < -0.4 is 43.4 Å². The molecular formula is C52H77N15O9. The molecule has 8 amide bonds. The summed E-state index contributed by atoms with van der Waals surface area (Å²) in [6, 6.07) is 1.56. The quantitative estimate of drug-likeness (QED) is 0.0378. The highest BCUT2D eigenvalue weighted by Gasteiger charge is 2.41. The normalized spacial score (nSPS) is 16.7. The second-order valence-corrected chi connectivity index (χ2v) is 20.9. The Morgan fingerprint density at radius 2 is 1.28 bits per heavy atom. The van der Waals surface area contributed by atoms with Crippen molar-refractivity contribution in [1.82, 2.24) is 66.7 Å². The molecule has 1 aliphatic heterocycles. The van der Waals surface area contributed by atoms with Gasteiger partial charge in [-0.1, -0.05) is 64.4 Å². The number of alkyl carbamates (subject to hydrolysis) is 1. The number of benzene rings is 1. The summed E-state index contributed by atoms with van der Waals surface area (Å²) >= 11 is 0. The molecule has 1 aliphatic rings. The maximum Gasteiger partial charge on any atom is 0.408 e. The number of amides is 8. The van der Waals surface area contributed by atoms with Crippen LogP contribution in [0.25, 0.3) is 0 Å². The Morgan fingerprint density at radius 1 is 0.724 bits per heavy atom. The van der Waals surface area contributed by atoms with Crippen molar-refractivity contribution in [3.63, 3.8) is 0 Å². The van der Waals surface area contributed by atoms with Crippen LogP contribution in [0.3, 0.4) is 0 Å². The van der Waals surface area contributed by atoms with Crippen molar-refractivity contribution >= 4 is 47.4 Å². The third-order valence-corrected chi connectivity index (χ3v) is 13.2. The van der Waals surface area contributed by atoms with Gasteiger partial charge in [-0.3, -0.25) is 33.6 Å². The Bertz CT molecular complexity index is 2500. The summed E-state index contributed by atoms with van der Waals surface area (Å²) in [6.07, 6.45) is 9.59. The number of hydrogen-bond acceptors (Lipinski definition) is 13. The predicted octanol–water partition coefficient (Wildman–Crippen LogP) is 0.977. The Hall–Kier alpha value is -7.63. The molecule has 1 aromatic carbocycles. The summed E-state index contributed by atoms with van der Waals surface area (Å²) in [7, 11) is 0. The number of likely N-dealkylation sites (tertiary alicyclic amines) is 1. The van der Waals surface area contributed by atoms with Crippen LogP contribution in [0.4, 0.5) is 4.79 Å². The second kappa shape index (κ2) is 28.3. The van der Waals surface area contributed by atoms with E-state index < -0.39 is 101 Å². The van der Waals surface area contributed by atoms with Gasteiger partial charge < -0.3 is 68.0 Å². The fourth-order valence-corrected chi connectivity index (χ4v) is 9.02. The number of nitrogens with one attached hydrogen (secondary N) is 9. The summed E-state index contributed by atoms with van der Waals surface area (Å²) < 4.78 is 5.47. The summed E-state index contributed by atoms with van der Waals surface area (Å²) in [5, 5.41) is 17.0. The highest BCUT2D eigenvalue weighted by molar-refractivity contribution is 5.96. The number of primary amides is 1. The number of carbonyl (C=O) groups excluding carboxylic acids is 8. The lowest BCUT2D eigenvalue weighted by molar-refractivity contribution is -0.141. The monoisotopic (exact) mass is 1060 g/mol. The van der Waals surface area contributed by atoms with E-state index in [1.807, 2.05) is 26.8 Å². The molecule has 5 rings (SSSR count). The first kappa shape index (κ1) is 59.2. The molecule has 9 atom stereocenters. The van der Waals surface area contributed by atoms with Crippen LogP contribution in [0, 0.1) is 17.8 Å². The molecule has 0 radical (unpaired) electrons. The van der Waals surface area contributed by atoms with E-state index in [1.165, 1.54) is 42.5 Å². The lowest BCUT2D eigenvalue weighted by Gasteiger charge is -2.32. The largest absolute Gasteiger partial charge is 0.444 e. The molecule has 4 heterocycles. The maximum atomic E-state index is 14.7. The van der Waals surface area contributed by atoms with E-state index in [0.29, 0.717) is 41.9 Å². The van der Waals surface area contributed by atoms with Crippen molar-refractivity contribution in [2.24, 2.45) is 29.2 Å². The SMILES string of the molecule is CC[C@H](C)[C@H](NC(=O)C[C@H](CN)[C@H](CC(C)C)NC(=O)[C@H](Cc1cnc[nH]1)NC(=O)[C@H](Cc1ccccc1)NC(=O)[C@@H]1CCCN1C(=O)[C@H](Cc1cnc[nH]1)NC(=O)OC(C)(C)C)C(=O)N[C@@H](Cc1cnc[nH]1)C(N)=O. The van der Waals surface area contributed by atoms with Crippen molar-refractivity contribution in [1.29, 1.82) is 0 Å². The molecule has 0 bridgehead atoms. The van der Waals surface area contributed by atoms with Crippen LogP contribution >= 0.6 is 0 Å². The number of aromatic amines is 3. The molecular weight excluding hydrogens is 979 g/mol. The van der Waals surface area contributed by atoms with E-state index in [9.17, 15) is 38.4 Å². The molecule has 0 unspecified atom stereocenters. The van der Waals surface area contributed by atoms with Gasteiger partial charge in [-0.25, -0.2) is 19.7 Å². The van der Waals surface area contributed by atoms with Crippen molar-refractivity contribution in [3.8, 4) is 0 Å². The highest BCUT2D eigenvalue weighted by Crippen LogP contribution is 2.22. The average molecular weight is 1060 g/mol. The van der Waals surface area contributed by atoms with E-state index in [0.717, 1.165) is 0 Å². The van der Waals surface area contributed by atoms with Gasteiger partial charge in [0.15, 0.2) is 0 Å². The maximum absolute atomic E-state index is 14.7. The van der Waals surface area contributed by atoms with Crippen LogP contribution in [0.1, 0.15) is 103 Å². The predicted molar refractivity (Wildman–Crippen MR) is 280 cm³/mol. The van der Waals surface area contributed by atoms with Crippen LogP contribution in [0.2, 0.25) is 0 Å². The zero-order valence-corrected chi connectivity index (χ0v) is 44.5. The molecule has 1 saturated heterocycles. The van der Waals surface area contributed by atoms with Gasteiger partial charge >= 0.3 is 6.09 Å². The first-order valence-electron chi connectivity index (χ1n) is 25.9. The minimum absolute atomic E-state index is 0.00338. The first-order valence-corrected chi connectivity index (χ1v) is 25.9. The Morgan fingerprint density at radius 3 is 1.80 bits per heavy atom.